The van der Waals surface area contributed by atoms with Gasteiger partial charge in [-0.25, -0.2) is 0 Å². The van der Waals surface area contributed by atoms with Gasteiger partial charge in [-0.1, -0.05) is 47.5 Å². The Labute approximate surface area is 113 Å². The van der Waals surface area contributed by atoms with Crippen LogP contribution in [0.15, 0.2) is 28.7 Å². The summed E-state index contributed by atoms with van der Waals surface area (Å²) < 4.78 is 6.68. The lowest BCUT2D eigenvalue weighted by atomic mass is 10.1. The van der Waals surface area contributed by atoms with Crippen molar-refractivity contribution in [1.82, 2.24) is 5.32 Å². The molecule has 1 atom stereocenters. The maximum absolute atomic E-state index is 5.52. The van der Waals surface area contributed by atoms with Gasteiger partial charge in [0.25, 0.3) is 0 Å². The summed E-state index contributed by atoms with van der Waals surface area (Å²) >= 11 is 3.57. The zero-order valence-electron chi connectivity index (χ0n) is 10.7. The molecule has 0 saturated carbocycles. The molecule has 0 aliphatic heterocycles. The van der Waals surface area contributed by atoms with Crippen molar-refractivity contribution >= 4 is 15.9 Å². The van der Waals surface area contributed by atoms with Crippen LogP contribution in [0.5, 0.6) is 0 Å². The maximum Gasteiger partial charge on any atom is 0.0591 e. The van der Waals surface area contributed by atoms with Crippen LogP contribution in [0.2, 0.25) is 0 Å². The molecule has 3 heteroatoms. The van der Waals surface area contributed by atoms with Crippen LogP contribution in [0.4, 0.5) is 0 Å². The molecule has 17 heavy (non-hydrogen) atoms. The molecule has 1 aromatic carbocycles. The van der Waals surface area contributed by atoms with Crippen LogP contribution in [0, 0.1) is 0 Å². The topological polar surface area (TPSA) is 21.3 Å². The van der Waals surface area contributed by atoms with Crippen molar-refractivity contribution in [2.75, 3.05) is 19.8 Å². The average Bonchev–Trinajstić information content (AvgIpc) is 2.34. The Morgan fingerprint density at radius 1 is 1.29 bits per heavy atom. The molecular formula is C14H22BrNO. The highest BCUT2D eigenvalue weighted by molar-refractivity contribution is 9.10. The van der Waals surface area contributed by atoms with Crippen LogP contribution in [-0.4, -0.2) is 19.8 Å². The largest absolute Gasteiger partial charge is 0.380 e. The second-order valence-corrected chi connectivity index (χ2v) is 5.02. The second-order valence-electron chi connectivity index (χ2n) is 4.16. The molecule has 1 rings (SSSR count). The van der Waals surface area contributed by atoms with Crippen LogP contribution in [-0.2, 0) is 4.74 Å². The van der Waals surface area contributed by atoms with Crippen molar-refractivity contribution in [2.24, 2.45) is 0 Å². The Balaban J connectivity index is 2.21. The van der Waals surface area contributed by atoms with Crippen molar-refractivity contribution in [3.63, 3.8) is 0 Å². The molecule has 0 aliphatic rings. The van der Waals surface area contributed by atoms with E-state index in [0.717, 1.165) is 30.7 Å². The molecule has 0 bridgehead atoms. The van der Waals surface area contributed by atoms with Crippen LogP contribution in [0.1, 0.15) is 38.3 Å². The van der Waals surface area contributed by atoms with Gasteiger partial charge in [0.1, 0.15) is 0 Å². The van der Waals surface area contributed by atoms with Crippen molar-refractivity contribution in [3.05, 3.63) is 34.3 Å². The van der Waals surface area contributed by atoms with E-state index in [1.54, 1.807) is 0 Å². The molecule has 0 radical (unpaired) electrons. The number of hydrogen-bond acceptors (Lipinski definition) is 2. The van der Waals surface area contributed by atoms with E-state index in [2.05, 4.69) is 53.3 Å². The molecule has 0 unspecified atom stereocenters. The van der Waals surface area contributed by atoms with E-state index in [9.17, 15) is 0 Å². The molecule has 0 fully saturated rings. The highest BCUT2D eigenvalue weighted by Gasteiger charge is 2.07. The molecule has 0 amide bonds. The van der Waals surface area contributed by atoms with Gasteiger partial charge in [0.05, 0.1) is 6.61 Å². The minimum Gasteiger partial charge on any atom is -0.380 e. The van der Waals surface area contributed by atoms with Crippen molar-refractivity contribution in [3.8, 4) is 0 Å². The van der Waals surface area contributed by atoms with E-state index < -0.39 is 0 Å². The summed E-state index contributed by atoms with van der Waals surface area (Å²) in [4.78, 5) is 0. The van der Waals surface area contributed by atoms with Gasteiger partial charge >= 0.3 is 0 Å². The molecule has 0 spiro atoms. The van der Waals surface area contributed by atoms with E-state index >= 15 is 0 Å². The van der Waals surface area contributed by atoms with Crippen molar-refractivity contribution in [1.29, 1.82) is 0 Å². The second kappa shape index (κ2) is 8.67. The Morgan fingerprint density at radius 2 is 2.06 bits per heavy atom. The third kappa shape index (κ3) is 5.66. The first-order valence-corrected chi connectivity index (χ1v) is 7.10. The first kappa shape index (κ1) is 14.7. The zero-order valence-corrected chi connectivity index (χ0v) is 12.3. The van der Waals surface area contributed by atoms with Crippen LogP contribution in [0.3, 0.4) is 0 Å². The molecule has 0 heterocycles. The van der Waals surface area contributed by atoms with Gasteiger partial charge in [-0.05, 0) is 25.0 Å². The van der Waals surface area contributed by atoms with E-state index in [0.29, 0.717) is 6.04 Å². The lowest BCUT2D eigenvalue weighted by molar-refractivity contribution is 0.131. The highest BCUT2D eigenvalue weighted by Crippen LogP contribution is 2.22. The molecule has 96 valence electrons. The minimum atomic E-state index is 0.348. The van der Waals surface area contributed by atoms with Gasteiger partial charge < -0.3 is 10.1 Å². The normalized spacial score (nSPS) is 12.6. The Bertz CT molecular complexity index is 317. The lowest BCUT2D eigenvalue weighted by Crippen LogP contribution is -2.23. The van der Waals surface area contributed by atoms with Crippen LogP contribution >= 0.6 is 15.9 Å². The number of rotatable bonds is 8. The summed E-state index contributed by atoms with van der Waals surface area (Å²) in [6, 6.07) is 8.66. The number of unbranched alkanes of at least 4 members (excludes halogenated alkanes) is 1. The van der Waals surface area contributed by atoms with Crippen molar-refractivity contribution in [2.45, 2.75) is 32.7 Å². The maximum atomic E-state index is 5.52. The van der Waals surface area contributed by atoms with Gasteiger partial charge in [0.2, 0.25) is 0 Å². The van der Waals surface area contributed by atoms with Gasteiger partial charge in [0, 0.05) is 23.7 Å². The molecule has 0 aromatic heterocycles. The lowest BCUT2D eigenvalue weighted by Gasteiger charge is -2.15. The third-order valence-corrected chi connectivity index (χ3v) is 3.43. The molecule has 1 aromatic rings. The fraction of sp³-hybridized carbons (Fsp3) is 0.571. The SMILES string of the molecule is CCCCOCCN[C@H](C)c1ccccc1Br. The summed E-state index contributed by atoms with van der Waals surface area (Å²) in [5, 5.41) is 3.46. The summed E-state index contributed by atoms with van der Waals surface area (Å²) in [5.41, 5.74) is 1.29. The summed E-state index contributed by atoms with van der Waals surface area (Å²) in [7, 11) is 0. The number of hydrogen-bond donors (Lipinski definition) is 1. The van der Waals surface area contributed by atoms with Crippen LogP contribution < -0.4 is 5.32 Å². The molecule has 2 nitrogen and oxygen atoms in total. The first-order chi connectivity index (χ1) is 8.25. The van der Waals surface area contributed by atoms with Crippen molar-refractivity contribution < 1.29 is 4.74 Å². The molecular weight excluding hydrogens is 278 g/mol. The number of nitrogens with one attached hydrogen (secondary N) is 1. The van der Waals surface area contributed by atoms with E-state index in [1.165, 1.54) is 12.0 Å². The Kier molecular flexibility index (Phi) is 7.49. The quantitative estimate of drug-likeness (QED) is 0.735. The summed E-state index contributed by atoms with van der Waals surface area (Å²) in [5.74, 6) is 0. The predicted octanol–water partition coefficient (Wildman–Crippen LogP) is 3.92. The van der Waals surface area contributed by atoms with E-state index in [4.69, 9.17) is 4.74 Å². The number of halogens is 1. The van der Waals surface area contributed by atoms with Gasteiger partial charge in [-0.15, -0.1) is 0 Å². The van der Waals surface area contributed by atoms with Gasteiger partial charge in [-0.2, -0.15) is 0 Å². The average molecular weight is 300 g/mol. The fourth-order valence-corrected chi connectivity index (χ4v) is 2.26. The summed E-state index contributed by atoms with van der Waals surface area (Å²) in [6.45, 7) is 6.91. The molecule has 0 saturated heterocycles. The number of benzene rings is 1. The molecule has 1 N–H and O–H groups in total. The van der Waals surface area contributed by atoms with E-state index in [-0.39, 0.29) is 0 Å². The smallest absolute Gasteiger partial charge is 0.0591 e. The first-order valence-electron chi connectivity index (χ1n) is 6.31. The van der Waals surface area contributed by atoms with E-state index in [1.807, 2.05) is 6.07 Å². The minimum absolute atomic E-state index is 0.348. The summed E-state index contributed by atoms with van der Waals surface area (Å²) in [6.07, 6.45) is 2.35. The fourth-order valence-electron chi connectivity index (χ4n) is 1.63. The standard InChI is InChI=1S/C14H22BrNO/c1-3-4-10-17-11-9-16-12(2)13-7-5-6-8-14(13)15/h5-8,12,16H,3-4,9-11H2,1-2H3/t12-/m1/s1. The van der Waals surface area contributed by atoms with Gasteiger partial charge in [0.15, 0.2) is 0 Å². The highest BCUT2D eigenvalue weighted by atomic mass is 79.9. The third-order valence-electron chi connectivity index (χ3n) is 2.71. The zero-order chi connectivity index (χ0) is 12.5. The Morgan fingerprint density at radius 3 is 2.76 bits per heavy atom. The Hall–Kier alpha value is -0.380. The monoisotopic (exact) mass is 299 g/mol. The van der Waals surface area contributed by atoms with Crippen LogP contribution in [0.25, 0.3) is 0 Å². The predicted molar refractivity (Wildman–Crippen MR) is 76.3 cm³/mol. The van der Waals surface area contributed by atoms with Gasteiger partial charge in [-0.3, -0.25) is 0 Å². The molecule has 0 aliphatic carbocycles. The number of ether oxygens (including phenoxy) is 1.